The Morgan fingerprint density at radius 3 is 0.883 bits per heavy atom. The summed E-state index contributed by atoms with van der Waals surface area (Å²) >= 11 is 0. The molecule has 12 aromatic carbocycles. The molecule has 546 valence electrons. The number of halogens is 13. The molecule has 0 amide bonds. The maximum absolute atomic E-state index is 13.6. The number of aryl methyl sites for hydroxylation is 16. The van der Waals surface area contributed by atoms with Crippen LogP contribution in [-0.4, -0.2) is 0 Å². The van der Waals surface area contributed by atoms with Gasteiger partial charge in [-0.15, -0.1) is 0 Å². The molecule has 1 aliphatic rings. The van der Waals surface area contributed by atoms with E-state index in [-0.39, 0.29) is 28.4 Å². The lowest BCUT2D eigenvalue weighted by Crippen LogP contribution is -2.08. The summed E-state index contributed by atoms with van der Waals surface area (Å²) in [6.07, 6.45) is 5.89. The van der Waals surface area contributed by atoms with Crippen molar-refractivity contribution in [3.8, 4) is 0 Å². The third-order valence-corrected chi connectivity index (χ3v) is 16.8. The van der Waals surface area contributed by atoms with Crippen molar-refractivity contribution in [1.82, 2.24) is 0 Å². The smallest absolute Gasteiger partial charge is 0.194 e. The molecule has 0 N–H and O–H groups in total. The highest BCUT2D eigenvalue weighted by Crippen LogP contribution is 2.29. The molecule has 0 unspecified atom stereocenters. The summed E-state index contributed by atoms with van der Waals surface area (Å²) in [5.41, 5.74) is 12.8. The monoisotopic (exact) mass is 1420 g/mol. The van der Waals surface area contributed by atoms with E-state index in [9.17, 15) is 57.1 Å². The molecule has 0 atom stereocenters. The van der Waals surface area contributed by atoms with Gasteiger partial charge in [0.25, 0.3) is 0 Å². The average molecular weight is 1420 g/mol. The minimum Gasteiger partial charge on any atom is -0.207 e. The fourth-order valence-electron chi connectivity index (χ4n) is 10.1. The van der Waals surface area contributed by atoms with E-state index < -0.39 is 58.2 Å². The van der Waals surface area contributed by atoms with Crippen LogP contribution in [0.4, 0.5) is 57.1 Å². The van der Waals surface area contributed by atoms with E-state index in [1.54, 1.807) is 64.1 Å². The van der Waals surface area contributed by atoms with Crippen LogP contribution in [0.5, 0.6) is 0 Å². The lowest BCUT2D eigenvalue weighted by Gasteiger charge is -2.22. The summed E-state index contributed by atoms with van der Waals surface area (Å²) in [6, 6.07) is 55.0. The van der Waals surface area contributed by atoms with E-state index in [4.69, 9.17) is 0 Å². The molecule has 0 saturated heterocycles. The van der Waals surface area contributed by atoms with Gasteiger partial charge in [0.2, 0.25) is 0 Å². The Kier molecular flexibility index (Phi) is 34.7. The van der Waals surface area contributed by atoms with E-state index in [0.717, 1.165) is 63.7 Å². The first-order chi connectivity index (χ1) is 48.4. The topological polar surface area (TPSA) is 0 Å². The van der Waals surface area contributed by atoms with Gasteiger partial charge in [0, 0.05) is 5.39 Å². The zero-order valence-corrected chi connectivity index (χ0v) is 62.3. The summed E-state index contributed by atoms with van der Waals surface area (Å²) in [6.45, 7) is 33.5. The molecule has 103 heavy (non-hydrogen) atoms. The van der Waals surface area contributed by atoms with E-state index in [2.05, 4.69) is 102 Å². The third kappa shape index (κ3) is 28.3. The molecule has 13 heteroatoms. The van der Waals surface area contributed by atoms with Crippen molar-refractivity contribution < 1.29 is 57.1 Å². The van der Waals surface area contributed by atoms with Crippen LogP contribution in [-0.2, 0) is 0 Å². The maximum Gasteiger partial charge on any atom is 0.194 e. The van der Waals surface area contributed by atoms with Crippen molar-refractivity contribution in [1.29, 1.82) is 0 Å². The fraction of sp³-hybridized carbons (Fsp3) is 0.267. The van der Waals surface area contributed by atoms with Gasteiger partial charge >= 0.3 is 0 Å². The normalized spacial score (nSPS) is 12.5. The molecule has 0 heterocycles. The molecule has 0 spiro atoms. The molecular weight excluding hydrogens is 1330 g/mol. The summed E-state index contributed by atoms with van der Waals surface area (Å²) in [7, 11) is 0. The van der Waals surface area contributed by atoms with E-state index in [1.165, 1.54) is 118 Å². The summed E-state index contributed by atoms with van der Waals surface area (Å²) in [5.74, 6) is -7.81. The molecule has 0 bridgehead atoms. The Morgan fingerprint density at radius 1 is 0.194 bits per heavy atom. The lowest BCUT2D eigenvalue weighted by atomic mass is 9.84. The maximum atomic E-state index is 13.6. The Hall–Kier alpha value is -9.49. The van der Waals surface area contributed by atoms with Gasteiger partial charge in [-0.1, -0.05) is 213 Å². The second-order valence-corrected chi connectivity index (χ2v) is 26.7. The lowest BCUT2D eigenvalue weighted by molar-refractivity contribution is 0.308. The number of rotatable bonds is 0. The number of fused-ring (bicyclic) bond motifs is 3. The van der Waals surface area contributed by atoms with Crippen LogP contribution in [0, 0.1) is 198 Å². The van der Waals surface area contributed by atoms with Crippen molar-refractivity contribution in [2.24, 2.45) is 11.8 Å². The summed E-state index contributed by atoms with van der Waals surface area (Å²) in [5, 5.41) is 4.47. The van der Waals surface area contributed by atoms with Crippen LogP contribution in [0.1, 0.15) is 129 Å². The van der Waals surface area contributed by atoms with Gasteiger partial charge in [-0.05, 0) is 248 Å². The Balaban J connectivity index is 0.000000244. The number of hydrogen-bond acceptors (Lipinski definition) is 0. The highest BCUT2D eigenvalue weighted by molar-refractivity contribution is 5.86. The molecule has 12 aromatic rings. The number of hydrogen-bond donors (Lipinski definition) is 0. The van der Waals surface area contributed by atoms with Crippen molar-refractivity contribution in [3.05, 3.63) is 353 Å². The van der Waals surface area contributed by atoms with Crippen molar-refractivity contribution in [2.45, 2.75) is 150 Å². The molecule has 1 saturated carbocycles. The Morgan fingerprint density at radius 2 is 0.485 bits per heavy atom. The van der Waals surface area contributed by atoms with Crippen molar-refractivity contribution in [2.75, 3.05) is 0 Å². The molecule has 0 nitrogen and oxygen atoms in total. The summed E-state index contributed by atoms with van der Waals surface area (Å²) in [4.78, 5) is 0. The Labute approximate surface area is 601 Å². The molecule has 0 aliphatic heterocycles. The molecule has 0 aromatic heterocycles. The fourth-order valence-corrected chi connectivity index (χ4v) is 10.1. The van der Waals surface area contributed by atoms with Crippen molar-refractivity contribution in [3.63, 3.8) is 0 Å². The minimum absolute atomic E-state index is 0.0995. The molecule has 1 aliphatic carbocycles. The zero-order valence-electron chi connectivity index (χ0n) is 62.3. The first-order valence-electron chi connectivity index (χ1n) is 34.0. The molecule has 0 radical (unpaired) electrons. The SMILES string of the molecule is CC1CCC(C)CC1.Cc1cc(F)c(F)c(F)c1.Cc1cc2ccc(C)c(F)c2c(F)c1F.Cc1ccc(C)c(F)c1.Cc1ccc(C)c(F)c1.Cc1ccc(C)c(F)c1F.Cc1ccc(C)cc1.Cc1ccc(F)c(F)c1.Cc1ccc2c(F)c(C)ccc2c1.Cc1ccc2cc(C)ccc2c1. The zero-order chi connectivity index (χ0) is 77.1. The average Bonchev–Trinajstić information content (AvgIpc) is 0.783. The first-order valence-corrected chi connectivity index (χ1v) is 34.0. The largest absolute Gasteiger partial charge is 0.207 e. The van der Waals surface area contributed by atoms with Crippen LogP contribution in [0.3, 0.4) is 0 Å². The predicted octanol–water partition coefficient (Wildman–Crippen LogP) is 28.2. The second-order valence-electron chi connectivity index (χ2n) is 26.7. The highest BCUT2D eigenvalue weighted by atomic mass is 19.2. The van der Waals surface area contributed by atoms with Gasteiger partial charge in [0.1, 0.15) is 23.3 Å². The van der Waals surface area contributed by atoms with E-state index >= 15 is 0 Å². The first kappa shape index (κ1) is 85.9. The number of benzene rings is 12. The Bertz CT molecular complexity index is 4480. The van der Waals surface area contributed by atoms with Gasteiger partial charge in [-0.3, -0.25) is 0 Å². The van der Waals surface area contributed by atoms with Gasteiger partial charge in [0.05, 0.1) is 5.39 Å². The van der Waals surface area contributed by atoms with Crippen LogP contribution in [0.25, 0.3) is 32.3 Å². The van der Waals surface area contributed by atoms with Crippen LogP contribution >= 0.6 is 0 Å². The van der Waals surface area contributed by atoms with Crippen LogP contribution < -0.4 is 0 Å². The van der Waals surface area contributed by atoms with E-state index in [0.29, 0.717) is 49.7 Å². The second kappa shape index (κ2) is 41.6. The van der Waals surface area contributed by atoms with E-state index in [1.807, 2.05) is 63.2 Å². The molecular formula is C90H95F13. The van der Waals surface area contributed by atoms with Gasteiger partial charge in [0.15, 0.2) is 52.4 Å². The standard InChI is InChI=1S/C12H9F3.C12H11F.C12H12.C8H8F2.2C8H9F.C8H16.C8H10.C7H5F3.C7H6F2/c1-6-3-4-8-5-7(2)11(14)12(15)9(8)10(6)13;1-8-3-6-11-10(7-8)5-4-9(2)12(11)13;1-9-3-5-12-8-10(2)4-6-11(12)7-9;1-5-3-4-6(2)8(10)7(5)9;2*1-6-3-4-7(2)8(9)5-6;2*1-7-3-5-8(2)6-4-7;1-4-2-5(8)7(10)6(9)3-4;1-5-2-3-6(8)7(9)4-5/h3-5H,1-2H3;3-7H,1-2H3;3-8H,1-2H3;3-4H,1-2H3;2*3-5H,1-2H3;7-8H,3-6H2,1-2H3;3-6H,1-2H3;2-3H,1H3;2-4H,1H3. The van der Waals surface area contributed by atoms with Crippen molar-refractivity contribution >= 4 is 32.3 Å². The van der Waals surface area contributed by atoms with Gasteiger partial charge < -0.3 is 0 Å². The minimum atomic E-state index is -1.41. The predicted molar refractivity (Wildman–Crippen MR) is 403 cm³/mol. The quantitative estimate of drug-likeness (QED) is 0.105. The van der Waals surface area contributed by atoms with Crippen LogP contribution in [0.2, 0.25) is 0 Å². The molecule has 1 fully saturated rings. The third-order valence-electron chi connectivity index (χ3n) is 16.8. The highest BCUT2D eigenvalue weighted by Gasteiger charge is 2.16. The van der Waals surface area contributed by atoms with Gasteiger partial charge in [-0.2, -0.15) is 0 Å². The van der Waals surface area contributed by atoms with Gasteiger partial charge in [-0.25, -0.2) is 57.1 Å². The summed E-state index contributed by atoms with van der Waals surface area (Å²) < 4.78 is 165. The van der Waals surface area contributed by atoms with Crippen LogP contribution in [0.15, 0.2) is 188 Å². The molecule has 13 rings (SSSR count).